The fraction of sp³-hybridized carbons (Fsp3) is 0.400. The van der Waals surface area contributed by atoms with Crippen LogP contribution in [0.1, 0.15) is 30.4 Å². The normalized spacial score (nSPS) is 27.3. The molecule has 0 radical (unpaired) electrons. The van der Waals surface area contributed by atoms with Crippen molar-refractivity contribution in [3.63, 3.8) is 0 Å². The fourth-order valence-corrected chi connectivity index (χ4v) is 8.46. The zero-order chi connectivity index (χ0) is 19.6. The first-order valence-electron chi connectivity index (χ1n) is 9.51. The summed E-state index contributed by atoms with van der Waals surface area (Å²) in [6, 6.07) is 16.5. The van der Waals surface area contributed by atoms with E-state index in [1.54, 1.807) is 12.1 Å². The minimum atomic E-state index is -3.70. The van der Waals surface area contributed by atoms with Crippen LogP contribution < -0.4 is 0 Å². The molecule has 1 saturated heterocycles. The molecule has 1 spiro atoms. The molecule has 2 heterocycles. The monoisotopic (exact) mass is 418 g/mol. The lowest BCUT2D eigenvalue weighted by molar-refractivity contribution is 0.204. The van der Waals surface area contributed by atoms with Gasteiger partial charge in [0, 0.05) is 19.6 Å². The van der Waals surface area contributed by atoms with E-state index in [2.05, 4.69) is 0 Å². The molecule has 1 aliphatic carbocycles. The van der Waals surface area contributed by atoms with Gasteiger partial charge in [0.15, 0.2) is 0 Å². The van der Waals surface area contributed by atoms with E-state index in [1.165, 1.54) is 8.61 Å². The standard InChI is InChI=1S/C20H22N2O4S2/c23-27(24,17-10-11-17)21-13-12-20(15-21)18-8-4-5-9-19(18)28(25,26)22(20)14-16-6-2-1-3-7-16/h1-9,17H,10-15H2/t20-/m1/s1. The lowest BCUT2D eigenvalue weighted by atomic mass is 9.88. The maximum atomic E-state index is 13.4. The third-order valence-corrected chi connectivity index (χ3v) is 10.4. The number of hydrogen-bond acceptors (Lipinski definition) is 4. The van der Waals surface area contributed by atoms with Crippen LogP contribution in [0.3, 0.4) is 0 Å². The van der Waals surface area contributed by atoms with E-state index in [1.807, 2.05) is 42.5 Å². The average Bonchev–Trinajstić information content (AvgIpc) is 3.43. The zero-order valence-corrected chi connectivity index (χ0v) is 17.0. The minimum Gasteiger partial charge on any atom is -0.212 e. The molecule has 0 N–H and O–H groups in total. The number of fused-ring (bicyclic) bond motifs is 2. The third-order valence-electron chi connectivity index (χ3n) is 6.12. The molecule has 2 aromatic rings. The van der Waals surface area contributed by atoms with Crippen LogP contribution in [-0.2, 0) is 32.1 Å². The van der Waals surface area contributed by atoms with Crippen LogP contribution in [0.2, 0.25) is 0 Å². The molecule has 3 aliphatic rings. The Balaban J connectivity index is 1.61. The maximum absolute atomic E-state index is 13.4. The molecule has 28 heavy (non-hydrogen) atoms. The predicted molar refractivity (Wildman–Crippen MR) is 105 cm³/mol. The van der Waals surface area contributed by atoms with Gasteiger partial charge in [-0.25, -0.2) is 16.8 Å². The smallest absolute Gasteiger partial charge is 0.212 e. The number of rotatable bonds is 4. The molecule has 0 aromatic heterocycles. The Bertz CT molecular complexity index is 1130. The molecular weight excluding hydrogens is 396 g/mol. The first-order chi connectivity index (χ1) is 13.4. The van der Waals surface area contributed by atoms with Gasteiger partial charge in [0.05, 0.1) is 15.7 Å². The molecule has 2 aliphatic heterocycles. The summed E-state index contributed by atoms with van der Waals surface area (Å²) >= 11 is 0. The van der Waals surface area contributed by atoms with Gasteiger partial charge in [-0.1, -0.05) is 48.5 Å². The zero-order valence-electron chi connectivity index (χ0n) is 15.4. The summed E-state index contributed by atoms with van der Waals surface area (Å²) in [6.45, 7) is 0.776. The van der Waals surface area contributed by atoms with Crippen LogP contribution in [0.4, 0.5) is 0 Å². The quantitative estimate of drug-likeness (QED) is 0.764. The summed E-state index contributed by atoms with van der Waals surface area (Å²) in [4.78, 5) is 0.302. The van der Waals surface area contributed by atoms with Gasteiger partial charge in [-0.3, -0.25) is 0 Å². The van der Waals surface area contributed by atoms with Crippen molar-refractivity contribution in [3.05, 3.63) is 65.7 Å². The van der Waals surface area contributed by atoms with Crippen LogP contribution in [0.15, 0.2) is 59.5 Å². The van der Waals surface area contributed by atoms with Crippen LogP contribution in [-0.4, -0.2) is 43.8 Å². The van der Waals surface area contributed by atoms with Crippen molar-refractivity contribution in [2.45, 2.75) is 41.5 Å². The molecular formula is C20H22N2O4S2. The first-order valence-corrected chi connectivity index (χ1v) is 12.5. The lowest BCUT2D eigenvalue weighted by Crippen LogP contribution is -2.46. The molecule has 2 aromatic carbocycles. The van der Waals surface area contributed by atoms with Gasteiger partial charge in [0.25, 0.3) is 0 Å². The number of sulfonamides is 2. The van der Waals surface area contributed by atoms with Gasteiger partial charge in [0.2, 0.25) is 20.0 Å². The van der Waals surface area contributed by atoms with Crippen LogP contribution in [0, 0.1) is 0 Å². The largest absolute Gasteiger partial charge is 0.244 e. The second-order valence-corrected chi connectivity index (χ2v) is 11.9. The maximum Gasteiger partial charge on any atom is 0.244 e. The summed E-state index contributed by atoms with van der Waals surface area (Å²) in [5.74, 6) is 0. The minimum absolute atomic E-state index is 0.189. The summed E-state index contributed by atoms with van der Waals surface area (Å²) in [5, 5.41) is -0.293. The Morgan fingerprint density at radius 2 is 1.68 bits per heavy atom. The van der Waals surface area contributed by atoms with Crippen molar-refractivity contribution in [1.82, 2.24) is 8.61 Å². The summed E-state index contributed by atoms with van der Waals surface area (Å²) in [5.41, 5.74) is 0.772. The summed E-state index contributed by atoms with van der Waals surface area (Å²) in [6.07, 6.45) is 1.88. The van der Waals surface area contributed by atoms with Crippen LogP contribution >= 0.6 is 0 Å². The highest BCUT2D eigenvalue weighted by molar-refractivity contribution is 7.90. The van der Waals surface area contributed by atoms with Crippen molar-refractivity contribution in [1.29, 1.82) is 0 Å². The lowest BCUT2D eigenvalue weighted by Gasteiger charge is -2.34. The number of hydrogen-bond donors (Lipinski definition) is 0. The second-order valence-electron chi connectivity index (χ2n) is 7.85. The molecule has 0 unspecified atom stereocenters. The molecule has 5 rings (SSSR count). The first kappa shape index (κ1) is 18.3. The SMILES string of the molecule is O=S1(=O)c2ccccc2[C@]2(CCN(S(=O)(=O)C3CC3)C2)N1Cc1ccccc1. The van der Waals surface area contributed by atoms with Gasteiger partial charge in [0.1, 0.15) is 0 Å². The van der Waals surface area contributed by atoms with Gasteiger partial charge < -0.3 is 0 Å². The molecule has 0 bridgehead atoms. The Morgan fingerprint density at radius 3 is 2.39 bits per heavy atom. The summed E-state index contributed by atoms with van der Waals surface area (Å²) < 4.78 is 55.5. The highest BCUT2D eigenvalue weighted by atomic mass is 32.2. The molecule has 2 fully saturated rings. The van der Waals surface area contributed by atoms with Crippen molar-refractivity contribution >= 4 is 20.0 Å². The van der Waals surface area contributed by atoms with Gasteiger partial charge in [-0.2, -0.15) is 8.61 Å². The van der Waals surface area contributed by atoms with E-state index < -0.39 is 25.6 Å². The van der Waals surface area contributed by atoms with Gasteiger partial charge in [-0.05, 0) is 36.5 Å². The van der Waals surface area contributed by atoms with E-state index in [9.17, 15) is 16.8 Å². The number of benzene rings is 2. The van der Waals surface area contributed by atoms with Crippen molar-refractivity contribution in [2.24, 2.45) is 0 Å². The van der Waals surface area contributed by atoms with E-state index in [0.717, 1.165) is 11.1 Å². The van der Waals surface area contributed by atoms with E-state index in [4.69, 9.17) is 0 Å². The number of nitrogens with zero attached hydrogens (tertiary/aromatic N) is 2. The molecule has 8 heteroatoms. The highest BCUT2D eigenvalue weighted by Gasteiger charge is 2.59. The third kappa shape index (κ3) is 2.58. The molecule has 1 saturated carbocycles. The Labute approximate surface area is 165 Å². The van der Waals surface area contributed by atoms with E-state index >= 15 is 0 Å². The average molecular weight is 419 g/mol. The van der Waals surface area contributed by atoms with Crippen molar-refractivity contribution < 1.29 is 16.8 Å². The van der Waals surface area contributed by atoms with Crippen molar-refractivity contribution in [3.8, 4) is 0 Å². The summed E-state index contributed by atoms with van der Waals surface area (Å²) in [7, 11) is -7.05. The second kappa shape index (κ2) is 6.13. The Hall–Kier alpha value is -1.74. The Morgan fingerprint density at radius 1 is 1.00 bits per heavy atom. The Kier molecular flexibility index (Phi) is 4.00. The molecule has 6 nitrogen and oxygen atoms in total. The van der Waals surface area contributed by atoms with E-state index in [0.29, 0.717) is 30.7 Å². The van der Waals surface area contributed by atoms with Crippen LogP contribution in [0.5, 0.6) is 0 Å². The molecule has 1 atom stereocenters. The fourth-order valence-electron chi connectivity index (χ4n) is 4.52. The van der Waals surface area contributed by atoms with Gasteiger partial charge in [-0.15, -0.1) is 0 Å². The predicted octanol–water partition coefficient (Wildman–Crippen LogP) is 2.28. The molecule has 0 amide bonds. The van der Waals surface area contributed by atoms with E-state index in [-0.39, 0.29) is 18.3 Å². The van der Waals surface area contributed by atoms with Crippen molar-refractivity contribution in [2.75, 3.05) is 13.1 Å². The highest BCUT2D eigenvalue weighted by Crippen LogP contribution is 2.51. The van der Waals surface area contributed by atoms with Gasteiger partial charge >= 0.3 is 0 Å². The topological polar surface area (TPSA) is 74.8 Å². The molecule has 148 valence electrons. The van der Waals surface area contributed by atoms with Crippen LogP contribution in [0.25, 0.3) is 0 Å².